The van der Waals surface area contributed by atoms with E-state index in [2.05, 4.69) is 20.5 Å². The van der Waals surface area contributed by atoms with Crippen molar-refractivity contribution in [1.82, 2.24) is 10.3 Å². The molecule has 2 aliphatic heterocycles. The molecule has 0 aliphatic carbocycles. The molecule has 2 N–H and O–H groups in total. The van der Waals surface area contributed by atoms with Crippen LogP contribution in [0.1, 0.15) is 12.8 Å². The fraction of sp³-hybridized carbons (Fsp3) is 0.571. The van der Waals surface area contributed by atoms with Crippen LogP contribution in [0, 0.1) is 0 Å². The van der Waals surface area contributed by atoms with Crippen LogP contribution in [0.2, 0.25) is 0 Å². The van der Waals surface area contributed by atoms with Gasteiger partial charge in [-0.1, -0.05) is 0 Å². The predicted octanol–water partition coefficient (Wildman–Crippen LogP) is 0.609. The summed E-state index contributed by atoms with van der Waals surface area (Å²) < 4.78 is 5.28. The second kappa shape index (κ2) is 6.19. The van der Waals surface area contributed by atoms with Gasteiger partial charge in [-0.25, -0.2) is 4.98 Å². The first-order chi connectivity index (χ1) is 9.83. The van der Waals surface area contributed by atoms with Gasteiger partial charge in [-0.15, -0.1) is 0 Å². The summed E-state index contributed by atoms with van der Waals surface area (Å²) in [6.45, 7) is 3.94. The van der Waals surface area contributed by atoms with Gasteiger partial charge in [-0.3, -0.25) is 4.79 Å². The van der Waals surface area contributed by atoms with Crippen LogP contribution in [0.5, 0.6) is 0 Å². The number of morpholine rings is 1. The lowest BCUT2D eigenvalue weighted by molar-refractivity contribution is -0.120. The van der Waals surface area contributed by atoms with Crippen molar-refractivity contribution < 1.29 is 9.53 Å². The Morgan fingerprint density at radius 1 is 1.40 bits per heavy atom. The number of nitrogens with zero attached hydrogens (tertiary/aromatic N) is 2. The maximum atomic E-state index is 12.0. The summed E-state index contributed by atoms with van der Waals surface area (Å²) in [5, 5.41) is 6.00. The van der Waals surface area contributed by atoms with Gasteiger partial charge >= 0.3 is 0 Å². The number of rotatable bonds is 3. The van der Waals surface area contributed by atoms with E-state index in [4.69, 9.17) is 4.74 Å². The second-order valence-electron chi connectivity index (χ2n) is 5.17. The first-order valence-electron chi connectivity index (χ1n) is 7.16. The van der Waals surface area contributed by atoms with E-state index in [1.165, 1.54) is 12.8 Å². The quantitative estimate of drug-likeness (QED) is 0.846. The van der Waals surface area contributed by atoms with E-state index >= 15 is 0 Å². The van der Waals surface area contributed by atoms with Crippen molar-refractivity contribution in [2.45, 2.75) is 18.9 Å². The molecule has 3 rings (SSSR count). The van der Waals surface area contributed by atoms with Gasteiger partial charge in [0.05, 0.1) is 25.1 Å². The molecule has 1 unspecified atom stereocenters. The van der Waals surface area contributed by atoms with Gasteiger partial charge in [0.2, 0.25) is 5.91 Å². The van der Waals surface area contributed by atoms with Crippen LogP contribution in [-0.4, -0.2) is 49.8 Å². The van der Waals surface area contributed by atoms with Crippen molar-refractivity contribution in [2.75, 3.05) is 43.1 Å². The van der Waals surface area contributed by atoms with E-state index in [1.807, 2.05) is 12.1 Å². The number of pyridine rings is 1. The van der Waals surface area contributed by atoms with Crippen molar-refractivity contribution in [3.05, 3.63) is 18.3 Å². The largest absolute Gasteiger partial charge is 0.378 e. The number of hydrogen-bond acceptors (Lipinski definition) is 5. The van der Waals surface area contributed by atoms with Gasteiger partial charge in [-0.2, -0.15) is 0 Å². The minimum atomic E-state index is -0.276. The van der Waals surface area contributed by atoms with E-state index in [-0.39, 0.29) is 11.9 Å². The van der Waals surface area contributed by atoms with Crippen LogP contribution < -0.4 is 15.5 Å². The van der Waals surface area contributed by atoms with Gasteiger partial charge in [0.1, 0.15) is 11.9 Å². The van der Waals surface area contributed by atoms with Crippen LogP contribution in [0.3, 0.4) is 0 Å². The maximum Gasteiger partial charge on any atom is 0.243 e. The van der Waals surface area contributed by atoms with E-state index in [9.17, 15) is 4.79 Å². The Labute approximate surface area is 118 Å². The molecule has 1 amide bonds. The van der Waals surface area contributed by atoms with E-state index in [0.717, 1.165) is 24.6 Å². The molecule has 2 aliphatic rings. The second-order valence-corrected chi connectivity index (χ2v) is 5.17. The molecule has 108 valence electrons. The highest BCUT2D eigenvalue weighted by Gasteiger charge is 2.21. The minimum absolute atomic E-state index is 0.0691. The number of nitrogens with one attached hydrogen (secondary N) is 2. The topological polar surface area (TPSA) is 66.5 Å². The van der Waals surface area contributed by atoms with E-state index < -0.39 is 0 Å². The summed E-state index contributed by atoms with van der Waals surface area (Å²) in [7, 11) is 0. The number of carbonyl (C=O) groups excluding carboxylic acids is 1. The zero-order chi connectivity index (χ0) is 13.8. The number of ether oxygens (including phenoxy) is 1. The average molecular weight is 276 g/mol. The molecule has 3 heterocycles. The van der Waals surface area contributed by atoms with Crippen molar-refractivity contribution in [1.29, 1.82) is 0 Å². The minimum Gasteiger partial charge on any atom is -0.378 e. The molecule has 0 spiro atoms. The van der Waals surface area contributed by atoms with Gasteiger partial charge in [-0.05, 0) is 25.0 Å². The normalized spacial score (nSPS) is 22.8. The number of carbonyl (C=O) groups is 1. The Hall–Kier alpha value is -1.66. The van der Waals surface area contributed by atoms with Crippen molar-refractivity contribution >= 4 is 17.4 Å². The summed E-state index contributed by atoms with van der Waals surface area (Å²) in [6.07, 6.45) is 4.18. The molecule has 2 saturated heterocycles. The third-order valence-corrected chi connectivity index (χ3v) is 3.68. The summed E-state index contributed by atoms with van der Waals surface area (Å²) in [4.78, 5) is 18.7. The SMILES string of the molecule is O=C(Nc1ccc(N2CCCC2)nc1)C1COCCN1. The fourth-order valence-electron chi connectivity index (χ4n) is 2.56. The summed E-state index contributed by atoms with van der Waals surface area (Å²) in [5.41, 5.74) is 0.727. The Morgan fingerprint density at radius 3 is 2.90 bits per heavy atom. The molecular weight excluding hydrogens is 256 g/mol. The third-order valence-electron chi connectivity index (χ3n) is 3.68. The van der Waals surface area contributed by atoms with Crippen molar-refractivity contribution in [3.63, 3.8) is 0 Å². The predicted molar refractivity (Wildman–Crippen MR) is 76.9 cm³/mol. The Kier molecular flexibility index (Phi) is 4.13. The van der Waals surface area contributed by atoms with Gasteiger partial charge in [0.25, 0.3) is 0 Å². The summed E-state index contributed by atoms with van der Waals surface area (Å²) in [5.74, 6) is 0.917. The van der Waals surface area contributed by atoms with Gasteiger partial charge in [0.15, 0.2) is 0 Å². The molecule has 1 aromatic heterocycles. The number of hydrogen-bond donors (Lipinski definition) is 2. The van der Waals surface area contributed by atoms with Crippen molar-refractivity contribution in [2.24, 2.45) is 0 Å². The molecule has 0 saturated carbocycles. The van der Waals surface area contributed by atoms with E-state index in [1.54, 1.807) is 6.20 Å². The molecule has 0 bridgehead atoms. The zero-order valence-electron chi connectivity index (χ0n) is 11.5. The van der Waals surface area contributed by atoms with Crippen LogP contribution in [0.25, 0.3) is 0 Å². The van der Waals surface area contributed by atoms with Crippen molar-refractivity contribution in [3.8, 4) is 0 Å². The highest BCUT2D eigenvalue weighted by atomic mass is 16.5. The average Bonchev–Trinajstić information content (AvgIpc) is 3.03. The smallest absolute Gasteiger partial charge is 0.243 e. The fourth-order valence-corrected chi connectivity index (χ4v) is 2.56. The summed E-state index contributed by atoms with van der Waals surface area (Å²) in [6, 6.07) is 3.59. The third kappa shape index (κ3) is 3.08. The molecule has 6 nitrogen and oxygen atoms in total. The number of amides is 1. The molecule has 20 heavy (non-hydrogen) atoms. The Balaban J connectivity index is 1.58. The van der Waals surface area contributed by atoms with Crippen LogP contribution in [-0.2, 0) is 9.53 Å². The highest BCUT2D eigenvalue weighted by molar-refractivity contribution is 5.94. The molecule has 1 atom stereocenters. The molecule has 2 fully saturated rings. The molecule has 6 heteroatoms. The monoisotopic (exact) mass is 276 g/mol. The molecular formula is C14H20N4O2. The number of anilines is 2. The Morgan fingerprint density at radius 2 is 2.25 bits per heavy atom. The Bertz CT molecular complexity index is 451. The zero-order valence-corrected chi connectivity index (χ0v) is 11.5. The molecule has 0 radical (unpaired) electrons. The lowest BCUT2D eigenvalue weighted by Crippen LogP contribution is -2.48. The van der Waals surface area contributed by atoms with Gasteiger partial charge < -0.3 is 20.3 Å². The van der Waals surface area contributed by atoms with Gasteiger partial charge in [0, 0.05) is 19.6 Å². The van der Waals surface area contributed by atoms with Crippen LogP contribution in [0.15, 0.2) is 18.3 Å². The first kappa shape index (κ1) is 13.3. The lowest BCUT2D eigenvalue weighted by atomic mass is 10.2. The number of aromatic nitrogens is 1. The lowest BCUT2D eigenvalue weighted by Gasteiger charge is -2.23. The summed E-state index contributed by atoms with van der Waals surface area (Å²) >= 11 is 0. The maximum absolute atomic E-state index is 12.0. The highest BCUT2D eigenvalue weighted by Crippen LogP contribution is 2.19. The molecule has 1 aromatic rings. The molecule has 0 aromatic carbocycles. The van der Waals surface area contributed by atoms with Crippen LogP contribution >= 0.6 is 0 Å². The standard InChI is InChI=1S/C14H20N4O2/c19-14(12-10-20-8-5-15-12)17-11-3-4-13(16-9-11)18-6-1-2-7-18/h3-4,9,12,15H,1-2,5-8,10H2,(H,17,19). The van der Waals surface area contributed by atoms with Crippen LogP contribution in [0.4, 0.5) is 11.5 Å². The van der Waals surface area contributed by atoms with E-state index in [0.29, 0.717) is 19.8 Å². The first-order valence-corrected chi connectivity index (χ1v) is 7.16.